The third-order valence-corrected chi connectivity index (χ3v) is 3.46. The summed E-state index contributed by atoms with van der Waals surface area (Å²) in [4.78, 5) is 4.26. The van der Waals surface area contributed by atoms with Crippen molar-refractivity contribution in [1.82, 2.24) is 9.55 Å². The SMILES string of the molecule is CCC(CC)Cn1cncc1C(N)CC(C)C. The summed E-state index contributed by atoms with van der Waals surface area (Å²) >= 11 is 0. The molecule has 1 heterocycles. The maximum atomic E-state index is 6.24. The first kappa shape index (κ1) is 14.2. The molecular weight excluding hydrogens is 210 g/mol. The maximum absolute atomic E-state index is 6.24. The van der Waals surface area contributed by atoms with Gasteiger partial charge in [-0.1, -0.05) is 40.5 Å². The maximum Gasteiger partial charge on any atom is 0.0948 e. The van der Waals surface area contributed by atoms with Crippen molar-refractivity contribution in [2.45, 2.75) is 59.5 Å². The summed E-state index contributed by atoms with van der Waals surface area (Å²) in [5.74, 6) is 1.36. The topological polar surface area (TPSA) is 43.8 Å². The van der Waals surface area contributed by atoms with Gasteiger partial charge in [-0.15, -0.1) is 0 Å². The van der Waals surface area contributed by atoms with Crippen LogP contribution >= 0.6 is 0 Å². The van der Waals surface area contributed by atoms with Gasteiger partial charge in [-0.05, 0) is 18.3 Å². The summed E-state index contributed by atoms with van der Waals surface area (Å²) in [7, 11) is 0. The van der Waals surface area contributed by atoms with E-state index in [1.165, 1.54) is 18.5 Å². The minimum atomic E-state index is 0.117. The molecule has 3 nitrogen and oxygen atoms in total. The van der Waals surface area contributed by atoms with Gasteiger partial charge in [0.1, 0.15) is 0 Å². The highest BCUT2D eigenvalue weighted by molar-refractivity contribution is 5.04. The molecule has 1 aromatic heterocycles. The Bertz CT molecular complexity index is 313. The molecule has 0 fully saturated rings. The molecular formula is C14H27N3. The highest BCUT2D eigenvalue weighted by Crippen LogP contribution is 2.20. The van der Waals surface area contributed by atoms with Crippen LogP contribution in [0, 0.1) is 11.8 Å². The van der Waals surface area contributed by atoms with E-state index in [0.29, 0.717) is 5.92 Å². The summed E-state index contributed by atoms with van der Waals surface area (Å²) in [6.07, 6.45) is 7.30. The van der Waals surface area contributed by atoms with Gasteiger partial charge in [0, 0.05) is 18.8 Å². The molecule has 98 valence electrons. The van der Waals surface area contributed by atoms with E-state index in [1.54, 1.807) is 0 Å². The largest absolute Gasteiger partial charge is 0.333 e. The van der Waals surface area contributed by atoms with E-state index in [4.69, 9.17) is 5.73 Å². The van der Waals surface area contributed by atoms with Gasteiger partial charge >= 0.3 is 0 Å². The van der Waals surface area contributed by atoms with Gasteiger partial charge in [-0.2, -0.15) is 0 Å². The van der Waals surface area contributed by atoms with Crippen LogP contribution in [0.15, 0.2) is 12.5 Å². The molecule has 1 atom stereocenters. The van der Waals surface area contributed by atoms with Crippen molar-refractivity contribution in [2.75, 3.05) is 0 Å². The Labute approximate surface area is 105 Å². The molecule has 2 N–H and O–H groups in total. The number of nitrogens with zero attached hydrogens (tertiary/aromatic N) is 2. The van der Waals surface area contributed by atoms with Crippen LogP contribution in [0.1, 0.15) is 58.7 Å². The molecule has 3 heteroatoms. The average molecular weight is 237 g/mol. The van der Waals surface area contributed by atoms with Gasteiger partial charge in [0.15, 0.2) is 0 Å². The number of rotatable bonds is 7. The van der Waals surface area contributed by atoms with Crippen LogP contribution in [0.3, 0.4) is 0 Å². The smallest absolute Gasteiger partial charge is 0.0948 e. The zero-order valence-electron chi connectivity index (χ0n) is 11.7. The van der Waals surface area contributed by atoms with Crippen LogP contribution in [0.5, 0.6) is 0 Å². The van der Waals surface area contributed by atoms with E-state index in [-0.39, 0.29) is 6.04 Å². The number of imidazole rings is 1. The molecule has 0 aliphatic heterocycles. The molecule has 0 spiro atoms. The lowest BCUT2D eigenvalue weighted by Crippen LogP contribution is -2.19. The second kappa shape index (κ2) is 6.80. The highest BCUT2D eigenvalue weighted by Gasteiger charge is 2.14. The standard InChI is InChI=1S/C14H27N3/c1-5-12(6-2)9-17-10-16-8-14(17)13(15)7-11(3)4/h8,10-13H,5-7,9,15H2,1-4H3. The van der Waals surface area contributed by atoms with E-state index in [1.807, 2.05) is 12.5 Å². The van der Waals surface area contributed by atoms with Gasteiger partial charge < -0.3 is 10.3 Å². The van der Waals surface area contributed by atoms with E-state index in [9.17, 15) is 0 Å². The summed E-state index contributed by atoms with van der Waals surface area (Å²) in [5.41, 5.74) is 7.42. The molecule has 0 radical (unpaired) electrons. The second-order valence-corrected chi connectivity index (χ2v) is 5.39. The third-order valence-electron chi connectivity index (χ3n) is 3.46. The minimum Gasteiger partial charge on any atom is -0.333 e. The van der Waals surface area contributed by atoms with Crippen LogP contribution in [-0.2, 0) is 6.54 Å². The monoisotopic (exact) mass is 237 g/mol. The Morgan fingerprint density at radius 2 is 1.94 bits per heavy atom. The average Bonchev–Trinajstić information content (AvgIpc) is 2.72. The lowest BCUT2D eigenvalue weighted by Gasteiger charge is -2.19. The van der Waals surface area contributed by atoms with Crippen molar-refractivity contribution in [3.63, 3.8) is 0 Å². The molecule has 0 saturated heterocycles. The number of hydrogen-bond donors (Lipinski definition) is 1. The van der Waals surface area contributed by atoms with Gasteiger partial charge in [-0.3, -0.25) is 0 Å². The van der Waals surface area contributed by atoms with Crippen LogP contribution in [0.4, 0.5) is 0 Å². The lowest BCUT2D eigenvalue weighted by molar-refractivity contribution is 0.398. The van der Waals surface area contributed by atoms with Crippen LogP contribution < -0.4 is 5.73 Å². The number of aromatic nitrogens is 2. The van der Waals surface area contributed by atoms with E-state index < -0.39 is 0 Å². The zero-order valence-corrected chi connectivity index (χ0v) is 11.7. The first-order chi connectivity index (χ1) is 8.08. The van der Waals surface area contributed by atoms with Crippen LogP contribution in [0.2, 0.25) is 0 Å². The first-order valence-electron chi connectivity index (χ1n) is 6.84. The van der Waals surface area contributed by atoms with Gasteiger partial charge in [0.25, 0.3) is 0 Å². The Balaban J connectivity index is 2.71. The molecule has 0 aliphatic rings. The predicted molar refractivity (Wildman–Crippen MR) is 72.7 cm³/mol. The summed E-state index contributed by atoms with van der Waals surface area (Å²) in [6.45, 7) is 9.97. The Morgan fingerprint density at radius 1 is 1.29 bits per heavy atom. The molecule has 1 aromatic rings. The fourth-order valence-corrected chi connectivity index (χ4v) is 2.25. The van der Waals surface area contributed by atoms with E-state index >= 15 is 0 Å². The molecule has 0 aliphatic carbocycles. The lowest BCUT2D eigenvalue weighted by atomic mass is 10.0. The zero-order chi connectivity index (χ0) is 12.8. The Morgan fingerprint density at radius 3 is 2.47 bits per heavy atom. The van der Waals surface area contributed by atoms with Crippen LogP contribution in [-0.4, -0.2) is 9.55 Å². The summed E-state index contributed by atoms with van der Waals surface area (Å²) in [6, 6.07) is 0.117. The molecule has 0 amide bonds. The van der Waals surface area contributed by atoms with Crippen molar-refractivity contribution in [1.29, 1.82) is 0 Å². The van der Waals surface area contributed by atoms with Crippen LogP contribution in [0.25, 0.3) is 0 Å². The van der Waals surface area contributed by atoms with Crippen molar-refractivity contribution in [3.05, 3.63) is 18.2 Å². The summed E-state index contributed by atoms with van der Waals surface area (Å²) < 4.78 is 2.24. The number of nitrogens with two attached hydrogens (primary N) is 1. The second-order valence-electron chi connectivity index (χ2n) is 5.39. The van der Waals surface area contributed by atoms with Crippen molar-refractivity contribution < 1.29 is 0 Å². The first-order valence-corrected chi connectivity index (χ1v) is 6.84. The highest BCUT2D eigenvalue weighted by atomic mass is 15.1. The van der Waals surface area contributed by atoms with Crippen molar-refractivity contribution in [2.24, 2.45) is 17.6 Å². The molecule has 0 saturated carbocycles. The molecule has 1 unspecified atom stereocenters. The minimum absolute atomic E-state index is 0.117. The van der Waals surface area contributed by atoms with E-state index in [0.717, 1.165) is 18.9 Å². The van der Waals surface area contributed by atoms with Gasteiger partial charge in [-0.25, -0.2) is 4.98 Å². The Kier molecular flexibility index (Phi) is 5.69. The third kappa shape index (κ3) is 4.15. The van der Waals surface area contributed by atoms with E-state index in [2.05, 4.69) is 37.2 Å². The molecule has 1 rings (SSSR count). The summed E-state index contributed by atoms with van der Waals surface area (Å²) in [5, 5.41) is 0. The number of hydrogen-bond acceptors (Lipinski definition) is 2. The quantitative estimate of drug-likeness (QED) is 0.790. The molecule has 0 aromatic carbocycles. The fourth-order valence-electron chi connectivity index (χ4n) is 2.25. The molecule has 0 bridgehead atoms. The van der Waals surface area contributed by atoms with Crippen molar-refractivity contribution in [3.8, 4) is 0 Å². The normalized spacial score (nSPS) is 13.6. The molecule has 17 heavy (non-hydrogen) atoms. The van der Waals surface area contributed by atoms with Crippen molar-refractivity contribution >= 4 is 0 Å². The van der Waals surface area contributed by atoms with Gasteiger partial charge in [0.05, 0.1) is 12.0 Å². The Hall–Kier alpha value is -0.830. The predicted octanol–water partition coefficient (Wildman–Crippen LogP) is 3.37. The van der Waals surface area contributed by atoms with Gasteiger partial charge in [0.2, 0.25) is 0 Å². The fraction of sp³-hybridized carbons (Fsp3) is 0.786.